The maximum atomic E-state index is 5.01. The third-order valence-electron chi connectivity index (χ3n) is 1.13. The topological polar surface area (TPSA) is 18.5 Å². The summed E-state index contributed by atoms with van der Waals surface area (Å²) in [5, 5.41) is 0. The Morgan fingerprint density at radius 1 is 1.60 bits per heavy atom. The highest BCUT2D eigenvalue weighted by atomic mass is 16.7. The van der Waals surface area contributed by atoms with Crippen molar-refractivity contribution in [1.29, 1.82) is 0 Å². The lowest BCUT2D eigenvalue weighted by molar-refractivity contribution is 0.0335. The van der Waals surface area contributed by atoms with Crippen molar-refractivity contribution in [3.05, 3.63) is 36.3 Å². The fourth-order valence-corrected chi connectivity index (χ4v) is 0.648. The fraction of sp³-hybridized carbons (Fsp3) is 0.250. The Bertz CT molecular complexity index is 189. The van der Waals surface area contributed by atoms with Crippen LogP contribution in [-0.4, -0.2) is 6.79 Å². The number of ether oxygens (including phenoxy) is 2. The van der Waals surface area contributed by atoms with Crippen molar-refractivity contribution >= 4 is 0 Å². The second kappa shape index (κ2) is 3.11. The minimum atomic E-state index is 0.249. The molecule has 2 heteroatoms. The van der Waals surface area contributed by atoms with Gasteiger partial charge in [0.25, 0.3) is 0 Å². The SMILES string of the molecule is C=C1/C=C(C)\C=C/OCO1. The van der Waals surface area contributed by atoms with E-state index in [-0.39, 0.29) is 6.79 Å². The third kappa shape index (κ3) is 1.97. The van der Waals surface area contributed by atoms with Crippen molar-refractivity contribution in [1.82, 2.24) is 0 Å². The zero-order valence-electron chi connectivity index (χ0n) is 5.96. The third-order valence-corrected chi connectivity index (χ3v) is 1.13. The summed E-state index contributed by atoms with van der Waals surface area (Å²) in [6, 6.07) is 0. The number of rotatable bonds is 0. The van der Waals surface area contributed by atoms with Gasteiger partial charge in [0.2, 0.25) is 6.79 Å². The molecule has 0 aromatic rings. The highest BCUT2D eigenvalue weighted by molar-refractivity contribution is 5.23. The van der Waals surface area contributed by atoms with E-state index in [2.05, 4.69) is 6.58 Å². The second-order valence-electron chi connectivity index (χ2n) is 2.09. The largest absolute Gasteiger partial charge is 0.465 e. The molecule has 10 heavy (non-hydrogen) atoms. The first-order valence-corrected chi connectivity index (χ1v) is 3.07. The first kappa shape index (κ1) is 6.93. The molecule has 2 nitrogen and oxygen atoms in total. The summed E-state index contributed by atoms with van der Waals surface area (Å²) in [5.41, 5.74) is 1.07. The van der Waals surface area contributed by atoms with Gasteiger partial charge in [0.1, 0.15) is 5.76 Å². The molecule has 54 valence electrons. The van der Waals surface area contributed by atoms with Crippen LogP contribution in [0.2, 0.25) is 0 Å². The normalized spacial score (nSPS) is 26.5. The lowest BCUT2D eigenvalue weighted by Crippen LogP contribution is -1.95. The van der Waals surface area contributed by atoms with Gasteiger partial charge in [-0.3, -0.25) is 0 Å². The molecule has 0 N–H and O–H groups in total. The van der Waals surface area contributed by atoms with Crippen LogP contribution >= 0.6 is 0 Å². The van der Waals surface area contributed by atoms with Crippen molar-refractivity contribution in [2.24, 2.45) is 0 Å². The minimum Gasteiger partial charge on any atom is -0.465 e. The van der Waals surface area contributed by atoms with Gasteiger partial charge in [-0.1, -0.05) is 6.58 Å². The monoisotopic (exact) mass is 138 g/mol. The number of hydrogen-bond acceptors (Lipinski definition) is 2. The summed E-state index contributed by atoms with van der Waals surface area (Å²) in [5.74, 6) is 0.641. The Balaban J connectivity index is 2.69. The Labute approximate surface area is 60.4 Å². The molecule has 0 aliphatic carbocycles. The highest BCUT2D eigenvalue weighted by Crippen LogP contribution is 2.06. The van der Waals surface area contributed by atoms with E-state index < -0.39 is 0 Å². The van der Waals surface area contributed by atoms with E-state index in [1.807, 2.05) is 19.1 Å². The van der Waals surface area contributed by atoms with E-state index in [4.69, 9.17) is 9.47 Å². The molecule has 0 aromatic carbocycles. The Hall–Kier alpha value is -1.18. The average Bonchev–Trinajstić information content (AvgIpc) is 1.83. The van der Waals surface area contributed by atoms with Gasteiger partial charge in [-0.05, 0) is 24.6 Å². The zero-order chi connectivity index (χ0) is 7.40. The molecule has 0 amide bonds. The average molecular weight is 138 g/mol. The van der Waals surface area contributed by atoms with Gasteiger partial charge in [-0.25, -0.2) is 0 Å². The Kier molecular flexibility index (Phi) is 2.15. The standard InChI is InChI=1S/C8H10O2/c1-7-3-4-9-6-10-8(2)5-7/h3-5H,2,6H2,1H3/b4-3-,7-5-. The van der Waals surface area contributed by atoms with Crippen LogP contribution in [0.4, 0.5) is 0 Å². The molecule has 1 rings (SSSR count). The van der Waals surface area contributed by atoms with Gasteiger partial charge >= 0.3 is 0 Å². The summed E-state index contributed by atoms with van der Waals surface area (Å²) in [6.07, 6.45) is 5.34. The quantitative estimate of drug-likeness (QED) is 0.509. The molecule has 1 heterocycles. The lowest BCUT2D eigenvalue weighted by Gasteiger charge is -2.07. The molecule has 0 unspecified atom stereocenters. The summed E-state index contributed by atoms with van der Waals surface area (Å²) in [7, 11) is 0. The van der Waals surface area contributed by atoms with Crippen molar-refractivity contribution in [2.75, 3.05) is 6.79 Å². The van der Waals surface area contributed by atoms with E-state index in [1.54, 1.807) is 6.26 Å². The molecule has 0 aromatic heterocycles. The maximum absolute atomic E-state index is 5.01. The van der Waals surface area contributed by atoms with Crippen LogP contribution in [0, 0.1) is 0 Å². The molecule has 0 atom stereocenters. The van der Waals surface area contributed by atoms with Crippen LogP contribution < -0.4 is 0 Å². The molecule has 0 fully saturated rings. The summed E-state index contributed by atoms with van der Waals surface area (Å²) < 4.78 is 9.92. The van der Waals surface area contributed by atoms with Crippen molar-refractivity contribution < 1.29 is 9.47 Å². The summed E-state index contributed by atoms with van der Waals surface area (Å²) in [4.78, 5) is 0. The van der Waals surface area contributed by atoms with Crippen molar-refractivity contribution in [2.45, 2.75) is 6.92 Å². The van der Waals surface area contributed by atoms with E-state index in [0.717, 1.165) is 5.57 Å². The Morgan fingerprint density at radius 3 is 3.20 bits per heavy atom. The van der Waals surface area contributed by atoms with Crippen molar-refractivity contribution in [3.63, 3.8) is 0 Å². The minimum absolute atomic E-state index is 0.249. The van der Waals surface area contributed by atoms with Crippen LogP contribution in [0.15, 0.2) is 36.3 Å². The van der Waals surface area contributed by atoms with Crippen LogP contribution in [0.5, 0.6) is 0 Å². The van der Waals surface area contributed by atoms with Crippen LogP contribution in [0.3, 0.4) is 0 Å². The maximum Gasteiger partial charge on any atom is 0.229 e. The first-order chi connectivity index (χ1) is 4.79. The molecule has 1 aliphatic heterocycles. The first-order valence-electron chi connectivity index (χ1n) is 3.07. The molecule has 0 spiro atoms. The summed E-state index contributed by atoms with van der Waals surface area (Å²) in [6.45, 7) is 5.86. The highest BCUT2D eigenvalue weighted by Gasteiger charge is 1.93. The Morgan fingerprint density at radius 2 is 2.40 bits per heavy atom. The van der Waals surface area contributed by atoms with Gasteiger partial charge in [0, 0.05) is 0 Å². The van der Waals surface area contributed by atoms with Gasteiger partial charge in [0.05, 0.1) is 6.26 Å². The zero-order valence-corrected chi connectivity index (χ0v) is 5.96. The van der Waals surface area contributed by atoms with Crippen LogP contribution in [0.25, 0.3) is 0 Å². The molecule has 0 bridgehead atoms. The molecular weight excluding hydrogens is 128 g/mol. The van der Waals surface area contributed by atoms with E-state index >= 15 is 0 Å². The molecule has 1 aliphatic rings. The van der Waals surface area contributed by atoms with Crippen LogP contribution in [0.1, 0.15) is 6.92 Å². The second-order valence-corrected chi connectivity index (χ2v) is 2.09. The fourth-order valence-electron chi connectivity index (χ4n) is 0.648. The lowest BCUT2D eigenvalue weighted by atomic mass is 10.2. The predicted octanol–water partition coefficient (Wildman–Crippen LogP) is 1.96. The summed E-state index contributed by atoms with van der Waals surface area (Å²) >= 11 is 0. The van der Waals surface area contributed by atoms with E-state index in [0.29, 0.717) is 5.76 Å². The number of allylic oxidation sites excluding steroid dienone is 3. The van der Waals surface area contributed by atoms with E-state index in [9.17, 15) is 0 Å². The molecule has 0 saturated heterocycles. The van der Waals surface area contributed by atoms with Gasteiger partial charge in [-0.2, -0.15) is 0 Å². The predicted molar refractivity (Wildman–Crippen MR) is 39.1 cm³/mol. The van der Waals surface area contributed by atoms with Crippen molar-refractivity contribution in [3.8, 4) is 0 Å². The molecule has 0 radical (unpaired) electrons. The van der Waals surface area contributed by atoms with Gasteiger partial charge in [0.15, 0.2) is 0 Å². The number of hydrogen-bond donors (Lipinski definition) is 0. The molecule has 0 saturated carbocycles. The smallest absolute Gasteiger partial charge is 0.229 e. The van der Waals surface area contributed by atoms with Gasteiger partial charge in [-0.15, -0.1) is 0 Å². The van der Waals surface area contributed by atoms with E-state index in [1.165, 1.54) is 0 Å². The molecular formula is C8H10O2. The van der Waals surface area contributed by atoms with Crippen LogP contribution in [-0.2, 0) is 9.47 Å². The van der Waals surface area contributed by atoms with Gasteiger partial charge < -0.3 is 9.47 Å².